The number of nitrogens with zero attached hydrogens (tertiary/aromatic N) is 2. The molecule has 0 saturated carbocycles. The lowest BCUT2D eigenvalue weighted by Crippen LogP contribution is -2.41. The summed E-state index contributed by atoms with van der Waals surface area (Å²) in [5.41, 5.74) is 1.15. The molecule has 0 radical (unpaired) electrons. The van der Waals surface area contributed by atoms with Gasteiger partial charge in [0.05, 0.1) is 6.42 Å². The highest BCUT2D eigenvalue weighted by Gasteiger charge is 2.23. The number of rotatable bonds is 9. The van der Waals surface area contributed by atoms with E-state index in [2.05, 4.69) is 57.6 Å². The number of fused-ring (bicyclic) bond motifs is 1. The van der Waals surface area contributed by atoms with Crippen LogP contribution in [0, 0.1) is 5.92 Å². The van der Waals surface area contributed by atoms with Gasteiger partial charge in [-0.2, -0.15) is 0 Å². The van der Waals surface area contributed by atoms with Gasteiger partial charge < -0.3 is 15.1 Å². The van der Waals surface area contributed by atoms with E-state index in [1.54, 1.807) is 0 Å². The number of hydrogen-bond donors (Lipinski definition) is 1. The van der Waals surface area contributed by atoms with E-state index in [9.17, 15) is 4.79 Å². The van der Waals surface area contributed by atoms with Crippen LogP contribution in [0.3, 0.4) is 0 Å². The van der Waals surface area contributed by atoms with Gasteiger partial charge in [-0.25, -0.2) is 0 Å². The Hall–Kier alpha value is -1.62. The number of amides is 1. The van der Waals surface area contributed by atoms with Crippen LogP contribution in [-0.2, 0) is 11.2 Å². The van der Waals surface area contributed by atoms with Gasteiger partial charge in [0, 0.05) is 13.1 Å². The minimum Gasteiger partial charge on any atom is -0.342 e. The van der Waals surface area contributed by atoms with Gasteiger partial charge in [0.2, 0.25) is 5.91 Å². The summed E-state index contributed by atoms with van der Waals surface area (Å²) in [4.78, 5) is 17.6. The van der Waals surface area contributed by atoms with Crippen molar-refractivity contribution in [1.82, 2.24) is 15.1 Å². The fourth-order valence-corrected chi connectivity index (χ4v) is 5.18. The summed E-state index contributed by atoms with van der Waals surface area (Å²) < 4.78 is 0. The first-order valence-corrected chi connectivity index (χ1v) is 12.5. The van der Waals surface area contributed by atoms with Crippen LogP contribution < -0.4 is 5.32 Å². The number of piperidine rings is 2. The smallest absolute Gasteiger partial charge is 0.227 e. The van der Waals surface area contributed by atoms with Crippen LogP contribution >= 0.6 is 12.4 Å². The number of nitrogens with one attached hydrogen (secondary N) is 1. The molecule has 0 bridgehead atoms. The summed E-state index contributed by atoms with van der Waals surface area (Å²) in [7, 11) is 0. The van der Waals surface area contributed by atoms with Gasteiger partial charge in [0.25, 0.3) is 0 Å². The van der Waals surface area contributed by atoms with Crippen LogP contribution in [0.15, 0.2) is 42.5 Å². The van der Waals surface area contributed by atoms with Gasteiger partial charge in [-0.1, -0.05) is 48.9 Å². The molecule has 5 heteroatoms. The molecule has 2 heterocycles. The molecule has 0 aromatic heterocycles. The Bertz CT molecular complexity index is 823. The summed E-state index contributed by atoms with van der Waals surface area (Å²) >= 11 is 0. The van der Waals surface area contributed by atoms with Gasteiger partial charge in [-0.05, 0) is 93.5 Å². The minimum atomic E-state index is 0. The third-order valence-electron chi connectivity index (χ3n) is 7.15. The number of carbonyl (C=O) groups is 1. The number of halogens is 1. The van der Waals surface area contributed by atoms with Crippen molar-refractivity contribution in [3.63, 3.8) is 0 Å². The Balaban J connectivity index is 0.00000289. The number of carbonyl (C=O) groups excluding carboxylic acids is 1. The molecule has 176 valence electrons. The van der Waals surface area contributed by atoms with Crippen LogP contribution in [0.1, 0.15) is 50.5 Å². The molecule has 2 aliphatic heterocycles. The quantitative estimate of drug-likeness (QED) is 0.544. The highest BCUT2D eigenvalue weighted by molar-refractivity contribution is 5.90. The van der Waals surface area contributed by atoms with E-state index in [0.29, 0.717) is 12.3 Å². The SMILES string of the molecule is Cl.O=C(Cc1cccc2ccccc12)N1CCC(CNCCCCN2CCCCC2)CC1. The van der Waals surface area contributed by atoms with Crippen LogP contribution in [0.2, 0.25) is 0 Å². The average Bonchev–Trinajstić information content (AvgIpc) is 2.82. The standard InChI is InChI=1S/C27H39N3O.ClH/c31-27(21-25-11-8-10-24-9-2-3-12-26(24)25)30-19-13-23(14-20-30)22-28-15-4-7-18-29-16-5-1-6-17-29;/h2-3,8-12,23,28H,1,4-7,13-22H2;1H. The molecule has 32 heavy (non-hydrogen) atoms. The number of likely N-dealkylation sites (tertiary alicyclic amines) is 2. The van der Waals surface area contributed by atoms with Crippen LogP contribution in [0.4, 0.5) is 0 Å². The summed E-state index contributed by atoms with van der Waals surface area (Å²) in [5, 5.41) is 6.10. The number of hydrogen-bond acceptors (Lipinski definition) is 3. The number of unbranched alkanes of at least 4 members (excludes halogenated alkanes) is 1. The highest BCUT2D eigenvalue weighted by atomic mass is 35.5. The Kier molecular flexibility index (Phi) is 10.3. The molecular weight excluding hydrogens is 418 g/mol. The molecule has 4 rings (SSSR count). The fraction of sp³-hybridized carbons (Fsp3) is 0.593. The maximum Gasteiger partial charge on any atom is 0.227 e. The van der Waals surface area contributed by atoms with Gasteiger partial charge in [-0.15, -0.1) is 12.4 Å². The summed E-state index contributed by atoms with van der Waals surface area (Å²) in [6, 6.07) is 14.6. The average molecular weight is 458 g/mol. The Labute approximate surface area is 200 Å². The Morgan fingerprint density at radius 2 is 1.66 bits per heavy atom. The summed E-state index contributed by atoms with van der Waals surface area (Å²) in [6.45, 7) is 7.95. The third-order valence-corrected chi connectivity index (χ3v) is 7.15. The molecular formula is C27H40ClN3O. The molecule has 1 amide bonds. The lowest BCUT2D eigenvalue weighted by atomic mass is 9.95. The maximum absolute atomic E-state index is 12.9. The second kappa shape index (κ2) is 13.2. The van der Waals surface area contributed by atoms with Gasteiger partial charge >= 0.3 is 0 Å². The molecule has 0 spiro atoms. The molecule has 0 unspecified atom stereocenters. The topological polar surface area (TPSA) is 35.6 Å². The van der Waals surface area contributed by atoms with Crippen molar-refractivity contribution in [2.24, 2.45) is 5.92 Å². The first kappa shape index (κ1) is 25.0. The van der Waals surface area contributed by atoms with Crippen molar-refractivity contribution in [1.29, 1.82) is 0 Å². The maximum atomic E-state index is 12.9. The summed E-state index contributed by atoms with van der Waals surface area (Å²) in [5.74, 6) is 0.990. The Morgan fingerprint density at radius 1 is 0.906 bits per heavy atom. The van der Waals surface area contributed by atoms with Crippen molar-refractivity contribution in [2.75, 3.05) is 45.8 Å². The molecule has 2 aliphatic rings. The molecule has 2 fully saturated rings. The zero-order chi connectivity index (χ0) is 21.3. The normalized spacial score (nSPS) is 17.9. The first-order chi connectivity index (χ1) is 15.3. The van der Waals surface area contributed by atoms with E-state index >= 15 is 0 Å². The van der Waals surface area contributed by atoms with Crippen LogP contribution in [0.25, 0.3) is 10.8 Å². The van der Waals surface area contributed by atoms with E-state index in [-0.39, 0.29) is 18.3 Å². The highest BCUT2D eigenvalue weighted by Crippen LogP contribution is 2.21. The van der Waals surface area contributed by atoms with Crippen molar-refractivity contribution >= 4 is 29.1 Å². The molecule has 0 atom stereocenters. The molecule has 2 aromatic rings. The summed E-state index contributed by atoms with van der Waals surface area (Å²) in [6.07, 6.45) is 9.56. The predicted molar refractivity (Wildman–Crippen MR) is 137 cm³/mol. The van der Waals surface area contributed by atoms with Crippen molar-refractivity contribution in [3.8, 4) is 0 Å². The van der Waals surface area contributed by atoms with E-state index < -0.39 is 0 Å². The molecule has 2 saturated heterocycles. The van der Waals surface area contributed by atoms with E-state index in [1.807, 2.05) is 0 Å². The second-order valence-corrected chi connectivity index (χ2v) is 9.45. The van der Waals surface area contributed by atoms with Gasteiger partial charge in [0.15, 0.2) is 0 Å². The van der Waals surface area contributed by atoms with Gasteiger partial charge in [0.1, 0.15) is 0 Å². The van der Waals surface area contributed by atoms with Crippen molar-refractivity contribution in [2.45, 2.75) is 51.4 Å². The number of benzene rings is 2. The van der Waals surface area contributed by atoms with Crippen LogP contribution in [0.5, 0.6) is 0 Å². The largest absolute Gasteiger partial charge is 0.342 e. The minimum absolute atomic E-state index is 0. The predicted octanol–water partition coefficient (Wildman–Crippen LogP) is 4.90. The third kappa shape index (κ3) is 7.19. The van der Waals surface area contributed by atoms with Crippen molar-refractivity contribution in [3.05, 3.63) is 48.0 Å². The zero-order valence-electron chi connectivity index (χ0n) is 19.4. The van der Waals surface area contributed by atoms with E-state index in [1.165, 1.54) is 62.5 Å². The molecule has 4 nitrogen and oxygen atoms in total. The monoisotopic (exact) mass is 457 g/mol. The van der Waals surface area contributed by atoms with E-state index in [0.717, 1.165) is 44.6 Å². The Morgan fingerprint density at radius 3 is 2.47 bits per heavy atom. The molecule has 0 aliphatic carbocycles. The van der Waals surface area contributed by atoms with Crippen LogP contribution in [-0.4, -0.2) is 61.5 Å². The fourth-order valence-electron chi connectivity index (χ4n) is 5.18. The second-order valence-electron chi connectivity index (χ2n) is 9.45. The van der Waals surface area contributed by atoms with Gasteiger partial charge in [-0.3, -0.25) is 4.79 Å². The van der Waals surface area contributed by atoms with E-state index in [4.69, 9.17) is 0 Å². The lowest BCUT2D eigenvalue weighted by Gasteiger charge is -2.32. The molecule has 1 N–H and O–H groups in total. The lowest BCUT2D eigenvalue weighted by molar-refractivity contribution is -0.131. The molecule has 2 aromatic carbocycles. The first-order valence-electron chi connectivity index (χ1n) is 12.5. The van der Waals surface area contributed by atoms with Crippen molar-refractivity contribution < 1.29 is 4.79 Å². The zero-order valence-corrected chi connectivity index (χ0v) is 20.3.